The molecule has 0 saturated heterocycles. The lowest BCUT2D eigenvalue weighted by molar-refractivity contribution is -0.153. The van der Waals surface area contributed by atoms with Crippen molar-refractivity contribution in [1.29, 1.82) is 0 Å². The lowest BCUT2D eigenvalue weighted by Gasteiger charge is -2.50. The lowest BCUT2D eigenvalue weighted by atomic mass is 9.57. The molecule has 0 spiro atoms. The topological polar surface area (TPSA) is 194 Å². The maximum Gasteiger partial charge on any atom is 0.255 e. The van der Waals surface area contributed by atoms with Gasteiger partial charge in [-0.25, -0.2) is 0 Å². The van der Waals surface area contributed by atoms with Gasteiger partial charge < -0.3 is 36.4 Å². The summed E-state index contributed by atoms with van der Waals surface area (Å²) < 4.78 is 0. The maximum atomic E-state index is 14.0. The maximum absolute atomic E-state index is 14.0. The number of amides is 1. The highest BCUT2D eigenvalue weighted by molar-refractivity contribution is 6.24. The minimum absolute atomic E-state index is 0.0140. The number of hydrogen-bond acceptors (Lipinski definition) is 11. The van der Waals surface area contributed by atoms with Crippen LogP contribution in [0.5, 0.6) is 5.75 Å². The van der Waals surface area contributed by atoms with Crippen LogP contribution < -0.4 is 16.0 Å². The average molecular weight is 571 g/mol. The van der Waals surface area contributed by atoms with Gasteiger partial charge in [0.1, 0.15) is 28.6 Å². The molecule has 0 radical (unpaired) electrons. The van der Waals surface area contributed by atoms with Crippen LogP contribution in [0.15, 0.2) is 23.0 Å². The van der Waals surface area contributed by atoms with Crippen LogP contribution in [0.4, 0.5) is 5.69 Å². The van der Waals surface area contributed by atoms with Crippen molar-refractivity contribution in [3.05, 3.63) is 39.7 Å². The molecule has 0 bridgehead atoms. The number of fused-ring (bicyclic) bond motifs is 3. The monoisotopic (exact) mass is 570 g/mol. The fourth-order valence-electron chi connectivity index (χ4n) is 6.56. The van der Waals surface area contributed by atoms with Crippen LogP contribution in [0.3, 0.4) is 0 Å². The summed E-state index contributed by atoms with van der Waals surface area (Å²) >= 11 is 0. The van der Waals surface area contributed by atoms with E-state index in [2.05, 4.69) is 5.32 Å². The normalized spacial score (nSPS) is 25.7. The van der Waals surface area contributed by atoms with Crippen molar-refractivity contribution in [1.82, 2.24) is 10.2 Å². The Morgan fingerprint density at radius 1 is 1.15 bits per heavy atom. The smallest absolute Gasteiger partial charge is 0.255 e. The van der Waals surface area contributed by atoms with Gasteiger partial charge in [0.05, 0.1) is 18.2 Å². The predicted octanol–water partition coefficient (Wildman–Crippen LogP) is 0.141. The van der Waals surface area contributed by atoms with Crippen LogP contribution in [0, 0.1) is 11.8 Å². The molecule has 0 aromatic heterocycles. The van der Waals surface area contributed by atoms with Crippen molar-refractivity contribution in [2.45, 2.75) is 44.2 Å². The summed E-state index contributed by atoms with van der Waals surface area (Å²) in [6, 6.07) is 0.616. The molecule has 1 saturated carbocycles. The second-order valence-corrected chi connectivity index (χ2v) is 11.4. The number of aromatic hydroxyl groups is 1. The molecule has 41 heavy (non-hydrogen) atoms. The number of aryl methyl sites for hydroxylation is 1. The lowest BCUT2D eigenvalue weighted by Crippen LogP contribution is -2.65. The van der Waals surface area contributed by atoms with Crippen molar-refractivity contribution in [3.8, 4) is 5.75 Å². The number of nitrogens with two attached hydrogens (primary N) is 1. The number of phenols is 1. The summed E-state index contributed by atoms with van der Waals surface area (Å²) in [5, 5.41) is 48.6. The summed E-state index contributed by atoms with van der Waals surface area (Å²) in [5.74, 6) is -6.95. The zero-order valence-electron chi connectivity index (χ0n) is 23.9. The molecule has 1 amide bonds. The quantitative estimate of drug-likeness (QED) is 0.221. The van der Waals surface area contributed by atoms with Crippen LogP contribution in [-0.4, -0.2) is 102 Å². The molecule has 7 N–H and O–H groups in total. The molecule has 0 heterocycles. The number of aliphatic hydroxyl groups excluding tert-OH is 2. The van der Waals surface area contributed by atoms with E-state index in [-0.39, 0.29) is 54.9 Å². The van der Waals surface area contributed by atoms with E-state index in [1.165, 1.54) is 4.90 Å². The average Bonchev–Trinajstić information content (AvgIpc) is 2.88. The number of nitrogens with zero attached hydrogens (tertiary/aromatic N) is 2. The fourth-order valence-corrected chi connectivity index (χ4v) is 6.56. The first-order valence-corrected chi connectivity index (χ1v) is 13.6. The SMILES string of the molecule is CCNCC(=O)CCc1cc(N(C)C)c2c(c1O)C(O)=C1C(=O)[C@]3(O)C(O)=C(C(N)=O)C(=O)C(N(C)C)[C@@H]3C[C@@H]1C2. The Morgan fingerprint density at radius 2 is 1.80 bits per heavy atom. The van der Waals surface area contributed by atoms with E-state index in [1.807, 2.05) is 11.8 Å². The number of rotatable bonds is 9. The van der Waals surface area contributed by atoms with Gasteiger partial charge in [-0.2, -0.15) is 0 Å². The number of hydrogen-bond donors (Lipinski definition) is 6. The number of phenolic OH excluding ortho intramolecular Hbond substituents is 1. The Bertz CT molecular complexity index is 1400. The zero-order chi connectivity index (χ0) is 30.5. The summed E-state index contributed by atoms with van der Waals surface area (Å²) in [6.07, 6.45) is 0.532. The summed E-state index contributed by atoms with van der Waals surface area (Å²) in [4.78, 5) is 55.0. The van der Waals surface area contributed by atoms with E-state index in [0.717, 1.165) is 0 Å². The molecular formula is C29H38N4O8. The number of likely N-dealkylation sites (N-methyl/N-ethyl adjacent to an activating group) is 2. The molecule has 1 aromatic rings. The number of Topliss-reactive ketones (excluding diaryl/α,β-unsaturated/α-hetero) is 3. The van der Waals surface area contributed by atoms with Gasteiger partial charge in [0, 0.05) is 37.7 Å². The van der Waals surface area contributed by atoms with Crippen LogP contribution >= 0.6 is 0 Å². The Kier molecular flexibility index (Phi) is 8.05. The number of nitrogens with one attached hydrogen (secondary N) is 1. The molecule has 12 heteroatoms. The first kappa shape index (κ1) is 30.2. The number of ketones is 3. The second-order valence-electron chi connectivity index (χ2n) is 11.4. The molecule has 12 nitrogen and oxygen atoms in total. The van der Waals surface area contributed by atoms with Crippen molar-refractivity contribution in [2.75, 3.05) is 46.2 Å². The van der Waals surface area contributed by atoms with Gasteiger partial charge >= 0.3 is 0 Å². The van der Waals surface area contributed by atoms with E-state index < -0.39 is 58.0 Å². The summed E-state index contributed by atoms with van der Waals surface area (Å²) in [7, 11) is 6.70. The molecular weight excluding hydrogens is 532 g/mol. The van der Waals surface area contributed by atoms with Crippen LogP contribution in [0.2, 0.25) is 0 Å². The third-order valence-corrected chi connectivity index (χ3v) is 8.50. The molecule has 1 fully saturated rings. The van der Waals surface area contributed by atoms with Crippen molar-refractivity contribution in [3.63, 3.8) is 0 Å². The van der Waals surface area contributed by atoms with Crippen LogP contribution in [-0.2, 0) is 32.0 Å². The number of carbonyl (C=O) groups is 4. The molecule has 4 atom stereocenters. The van der Waals surface area contributed by atoms with Crippen LogP contribution in [0.25, 0.3) is 5.76 Å². The van der Waals surface area contributed by atoms with Crippen molar-refractivity contribution in [2.24, 2.45) is 17.6 Å². The largest absolute Gasteiger partial charge is 0.508 e. The van der Waals surface area contributed by atoms with E-state index in [1.54, 1.807) is 34.3 Å². The number of carbonyl (C=O) groups excluding carboxylic acids is 4. The highest BCUT2D eigenvalue weighted by Crippen LogP contribution is 2.54. The fraction of sp³-hybridized carbons (Fsp3) is 0.517. The third-order valence-electron chi connectivity index (χ3n) is 8.50. The van der Waals surface area contributed by atoms with Gasteiger partial charge in [-0.1, -0.05) is 6.92 Å². The summed E-state index contributed by atoms with van der Waals surface area (Å²) in [6.45, 7) is 2.71. The highest BCUT2D eigenvalue weighted by atomic mass is 16.3. The molecule has 4 rings (SSSR count). The van der Waals surface area contributed by atoms with E-state index in [0.29, 0.717) is 23.4 Å². The van der Waals surface area contributed by atoms with Gasteiger partial charge in [-0.3, -0.25) is 24.1 Å². The standard InChI is InChI=1S/C29H38N4O8/c1-6-31-12-15(34)8-7-13-11-18(32(2)3)16-9-14-10-17-22(33(4)5)25(37)21(28(30)40)27(39)29(17,41)26(38)19(14)24(36)20(16)23(13)35/h11,14,17,22,31,35-36,39,41H,6-10,12H2,1-5H3,(H2,30,40)/t14-,17-,22?,29-/m0/s1. The van der Waals surface area contributed by atoms with Gasteiger partial charge in [0.2, 0.25) is 5.78 Å². The first-order chi connectivity index (χ1) is 19.2. The Hall–Kier alpha value is -3.74. The molecule has 3 aliphatic rings. The minimum atomic E-state index is -2.69. The first-order valence-electron chi connectivity index (χ1n) is 13.6. The second kappa shape index (κ2) is 10.9. The third kappa shape index (κ3) is 4.69. The number of primary amides is 1. The molecule has 1 aromatic carbocycles. The van der Waals surface area contributed by atoms with Gasteiger partial charge in [-0.05, 0) is 63.0 Å². The Balaban J connectivity index is 1.89. The molecule has 3 aliphatic carbocycles. The molecule has 0 aliphatic heterocycles. The molecule has 1 unspecified atom stereocenters. The van der Waals surface area contributed by atoms with Crippen LogP contribution in [0.1, 0.15) is 36.5 Å². The van der Waals surface area contributed by atoms with Gasteiger partial charge in [-0.15, -0.1) is 0 Å². The zero-order valence-corrected chi connectivity index (χ0v) is 23.9. The van der Waals surface area contributed by atoms with Crippen molar-refractivity contribution >= 4 is 34.7 Å². The summed E-state index contributed by atoms with van der Waals surface area (Å²) in [5.41, 5.74) is 3.27. The number of benzene rings is 1. The van der Waals surface area contributed by atoms with E-state index >= 15 is 0 Å². The van der Waals surface area contributed by atoms with E-state index in [9.17, 15) is 39.6 Å². The Morgan fingerprint density at radius 3 is 2.37 bits per heavy atom. The Labute approximate surface area is 238 Å². The predicted molar refractivity (Wildman–Crippen MR) is 150 cm³/mol. The number of anilines is 1. The highest BCUT2D eigenvalue weighted by Gasteiger charge is 2.64. The van der Waals surface area contributed by atoms with E-state index in [4.69, 9.17) is 5.73 Å². The van der Waals surface area contributed by atoms with Gasteiger partial charge in [0.25, 0.3) is 5.91 Å². The number of aliphatic hydroxyl groups is 3. The van der Waals surface area contributed by atoms with Crippen molar-refractivity contribution < 1.29 is 39.6 Å². The minimum Gasteiger partial charge on any atom is -0.508 e. The van der Waals surface area contributed by atoms with Gasteiger partial charge in [0.15, 0.2) is 11.4 Å². The molecule has 222 valence electrons.